The summed E-state index contributed by atoms with van der Waals surface area (Å²) in [4.78, 5) is 16.4. The Morgan fingerprint density at radius 1 is 1.43 bits per heavy atom. The Labute approximate surface area is 160 Å². The quantitative estimate of drug-likeness (QED) is 0.748. The molecule has 2 aromatic rings. The van der Waals surface area contributed by atoms with Crippen LogP contribution < -0.4 is 4.72 Å². The summed E-state index contributed by atoms with van der Waals surface area (Å²) < 4.78 is 54.3. The highest BCUT2D eigenvalue weighted by Crippen LogP contribution is 2.22. The van der Waals surface area contributed by atoms with Crippen molar-refractivity contribution in [1.29, 1.82) is 5.26 Å². The van der Waals surface area contributed by atoms with Crippen molar-refractivity contribution in [3.05, 3.63) is 29.7 Å². The molecule has 3 heterocycles. The zero-order valence-corrected chi connectivity index (χ0v) is 15.8. The molecular weight excluding hydrogens is 394 g/mol. The zero-order chi connectivity index (χ0) is 20.5. The van der Waals surface area contributed by atoms with Gasteiger partial charge in [-0.15, -0.1) is 0 Å². The number of alkyl halides is 2. The third-order valence-electron chi connectivity index (χ3n) is 4.14. The second-order valence-electron chi connectivity index (χ2n) is 6.62. The van der Waals surface area contributed by atoms with Crippen molar-refractivity contribution in [2.75, 3.05) is 17.8 Å². The summed E-state index contributed by atoms with van der Waals surface area (Å²) in [5.74, 6) is -3.74. The number of nitriles is 1. The third kappa shape index (κ3) is 4.30. The number of rotatable bonds is 6. The van der Waals surface area contributed by atoms with E-state index in [9.17, 15) is 22.0 Å². The van der Waals surface area contributed by atoms with Crippen LogP contribution in [0.3, 0.4) is 0 Å². The smallest absolute Gasteiger partial charge is 0.270 e. The first kappa shape index (κ1) is 19.8. The van der Waals surface area contributed by atoms with E-state index in [2.05, 4.69) is 14.8 Å². The Morgan fingerprint density at radius 2 is 2.11 bits per heavy atom. The molecule has 1 aliphatic rings. The highest BCUT2D eigenvalue weighted by molar-refractivity contribution is 7.92. The van der Waals surface area contributed by atoms with Gasteiger partial charge in [-0.2, -0.15) is 10.4 Å². The summed E-state index contributed by atoms with van der Waals surface area (Å²) in [7, 11) is -4.18. The minimum Gasteiger partial charge on any atom is -0.356 e. The van der Waals surface area contributed by atoms with Gasteiger partial charge in [0.25, 0.3) is 21.9 Å². The van der Waals surface area contributed by atoms with Crippen molar-refractivity contribution < 1.29 is 22.0 Å². The Morgan fingerprint density at radius 3 is 2.71 bits per heavy atom. The zero-order valence-electron chi connectivity index (χ0n) is 14.9. The second kappa shape index (κ2) is 7.23. The number of likely N-dealkylation sites (tertiary alicyclic amines) is 1. The van der Waals surface area contributed by atoms with Crippen molar-refractivity contribution in [2.45, 2.75) is 37.1 Å². The number of amides is 1. The summed E-state index contributed by atoms with van der Waals surface area (Å²) in [6.45, 7) is 1.11. The molecule has 0 bridgehead atoms. The molecule has 1 fully saturated rings. The Bertz CT molecular complexity index is 1030. The Kier molecular flexibility index (Phi) is 5.12. The van der Waals surface area contributed by atoms with Crippen LogP contribution in [0.25, 0.3) is 0 Å². The molecule has 0 atom stereocenters. The molecular formula is C16H18F2N6O3S. The van der Waals surface area contributed by atoms with Crippen molar-refractivity contribution >= 4 is 21.7 Å². The predicted molar refractivity (Wildman–Crippen MR) is 94.3 cm³/mol. The van der Waals surface area contributed by atoms with Gasteiger partial charge in [-0.3, -0.25) is 14.2 Å². The monoisotopic (exact) mass is 412 g/mol. The molecule has 0 radical (unpaired) electrons. The largest absolute Gasteiger partial charge is 0.356 e. The van der Waals surface area contributed by atoms with Crippen molar-refractivity contribution in [2.24, 2.45) is 0 Å². The molecule has 2 aromatic heterocycles. The molecule has 1 amide bonds. The highest BCUT2D eigenvalue weighted by Gasteiger charge is 2.27. The normalized spacial score (nSPS) is 14.9. The topological polar surface area (TPSA) is 124 Å². The summed E-state index contributed by atoms with van der Waals surface area (Å²) >= 11 is 0. The van der Waals surface area contributed by atoms with Gasteiger partial charge in [0.2, 0.25) is 0 Å². The van der Waals surface area contributed by atoms with Crippen LogP contribution in [0.1, 0.15) is 35.8 Å². The minimum absolute atomic E-state index is 0.124. The van der Waals surface area contributed by atoms with E-state index < -0.39 is 22.5 Å². The van der Waals surface area contributed by atoms with Crippen molar-refractivity contribution in [3.63, 3.8) is 0 Å². The van der Waals surface area contributed by atoms with Crippen molar-refractivity contribution in [1.82, 2.24) is 19.7 Å². The van der Waals surface area contributed by atoms with Crippen LogP contribution in [0.15, 0.2) is 23.4 Å². The number of aromatic nitrogens is 3. The van der Waals surface area contributed by atoms with Gasteiger partial charge >= 0.3 is 0 Å². The van der Waals surface area contributed by atoms with E-state index in [-0.39, 0.29) is 27.9 Å². The summed E-state index contributed by atoms with van der Waals surface area (Å²) in [6.07, 6.45) is 3.98. The van der Waals surface area contributed by atoms with E-state index in [0.29, 0.717) is 20.0 Å². The summed E-state index contributed by atoms with van der Waals surface area (Å²) in [5.41, 5.74) is -0.0735. The average molecular weight is 412 g/mol. The van der Waals surface area contributed by atoms with Crippen LogP contribution in [0.2, 0.25) is 0 Å². The number of H-pyrrole nitrogens is 1. The average Bonchev–Trinajstić information content (AvgIpc) is 3.33. The van der Waals surface area contributed by atoms with Gasteiger partial charge < -0.3 is 9.88 Å². The molecule has 1 saturated heterocycles. The van der Waals surface area contributed by atoms with E-state index in [1.54, 1.807) is 11.0 Å². The molecule has 0 unspecified atom stereocenters. The third-order valence-corrected chi connectivity index (χ3v) is 5.46. The van der Waals surface area contributed by atoms with Crippen LogP contribution in [0.5, 0.6) is 0 Å². The molecule has 3 rings (SSSR count). The van der Waals surface area contributed by atoms with E-state index >= 15 is 0 Å². The van der Waals surface area contributed by atoms with Gasteiger partial charge in [-0.25, -0.2) is 17.2 Å². The van der Waals surface area contributed by atoms with Gasteiger partial charge in [-0.1, -0.05) is 0 Å². The molecule has 28 heavy (non-hydrogen) atoms. The van der Waals surface area contributed by atoms with Gasteiger partial charge in [0.1, 0.15) is 28.8 Å². The van der Waals surface area contributed by atoms with Crippen LogP contribution in [0.4, 0.5) is 14.6 Å². The molecule has 0 aromatic carbocycles. The molecule has 2 N–H and O–H groups in total. The standard InChI is InChI=1S/C16H18F2N6O3S/c1-16(17,18)10-24-9-11(7-19)14(21-24)22-28(26,27)12-6-13(20-8-12)15(25)23-4-2-3-5-23/h6,8-9,20H,2-5,10H2,1H3,(H,21,22). The number of hydrogen-bond acceptors (Lipinski definition) is 5. The molecule has 9 nitrogen and oxygen atoms in total. The molecule has 0 saturated carbocycles. The Hall–Kier alpha value is -2.94. The molecule has 0 spiro atoms. The maximum atomic E-state index is 13.1. The van der Waals surface area contributed by atoms with E-state index in [1.165, 1.54) is 6.07 Å². The second-order valence-corrected chi connectivity index (χ2v) is 8.31. The van der Waals surface area contributed by atoms with Crippen LogP contribution in [-0.2, 0) is 16.6 Å². The number of halogens is 2. The number of nitrogens with zero attached hydrogens (tertiary/aromatic N) is 4. The first-order valence-corrected chi connectivity index (χ1v) is 9.93. The maximum absolute atomic E-state index is 13.1. The summed E-state index contributed by atoms with van der Waals surface area (Å²) in [5, 5.41) is 12.8. The van der Waals surface area contributed by atoms with Crippen LogP contribution in [-0.4, -0.2) is 53.0 Å². The minimum atomic E-state index is -4.18. The SMILES string of the molecule is CC(F)(F)Cn1cc(C#N)c(NS(=O)(=O)c2c[nH]c(C(=O)N3CCCC3)c2)n1. The van der Waals surface area contributed by atoms with Gasteiger partial charge in [0.15, 0.2) is 5.82 Å². The maximum Gasteiger partial charge on any atom is 0.270 e. The lowest BCUT2D eigenvalue weighted by molar-refractivity contribution is 0.000667. The molecule has 12 heteroatoms. The highest BCUT2D eigenvalue weighted by atomic mass is 32.2. The lowest BCUT2D eigenvalue weighted by Gasteiger charge is -2.13. The van der Waals surface area contributed by atoms with Crippen LogP contribution in [0, 0.1) is 11.3 Å². The summed E-state index contributed by atoms with van der Waals surface area (Å²) in [6, 6.07) is 2.90. The lowest BCUT2D eigenvalue weighted by atomic mass is 10.3. The lowest BCUT2D eigenvalue weighted by Crippen LogP contribution is -2.27. The fourth-order valence-electron chi connectivity index (χ4n) is 2.87. The fraction of sp³-hybridized carbons (Fsp3) is 0.438. The fourth-order valence-corrected chi connectivity index (χ4v) is 3.88. The van der Waals surface area contributed by atoms with Gasteiger partial charge in [-0.05, 0) is 18.9 Å². The van der Waals surface area contributed by atoms with Gasteiger partial charge in [0.05, 0.1) is 0 Å². The number of carbonyl (C=O) groups is 1. The van der Waals surface area contributed by atoms with Crippen LogP contribution >= 0.6 is 0 Å². The first-order valence-electron chi connectivity index (χ1n) is 8.45. The first-order chi connectivity index (χ1) is 13.1. The Balaban J connectivity index is 1.81. The van der Waals surface area contributed by atoms with Gasteiger partial charge in [0, 0.05) is 32.4 Å². The number of hydrogen-bond donors (Lipinski definition) is 2. The molecule has 0 aliphatic carbocycles. The predicted octanol–water partition coefficient (Wildman–Crippen LogP) is 1.77. The number of anilines is 1. The molecule has 1 aliphatic heterocycles. The van der Waals surface area contributed by atoms with E-state index in [0.717, 1.165) is 29.9 Å². The number of aromatic amines is 1. The molecule has 150 valence electrons. The van der Waals surface area contributed by atoms with E-state index in [1.807, 2.05) is 0 Å². The number of sulfonamides is 1. The van der Waals surface area contributed by atoms with Crippen molar-refractivity contribution in [3.8, 4) is 6.07 Å². The number of nitrogens with one attached hydrogen (secondary N) is 2. The number of carbonyl (C=O) groups excluding carboxylic acids is 1. The van der Waals surface area contributed by atoms with E-state index in [4.69, 9.17) is 5.26 Å².